The van der Waals surface area contributed by atoms with Gasteiger partial charge in [-0.1, -0.05) is 62.4 Å². The molecule has 19 heavy (non-hydrogen) atoms. The van der Waals surface area contributed by atoms with E-state index in [2.05, 4.69) is 53.2 Å². The fraction of sp³-hybridized carbons (Fsp3) is 0.444. The van der Waals surface area contributed by atoms with E-state index in [1.54, 1.807) is 0 Å². The van der Waals surface area contributed by atoms with E-state index in [1.807, 2.05) is 0 Å². The van der Waals surface area contributed by atoms with Gasteiger partial charge >= 0.3 is 0 Å². The molecule has 0 spiro atoms. The van der Waals surface area contributed by atoms with Crippen LogP contribution in [0.5, 0.6) is 0 Å². The zero-order valence-electron chi connectivity index (χ0n) is 11.6. The van der Waals surface area contributed by atoms with Crippen molar-refractivity contribution in [3.63, 3.8) is 0 Å². The molecule has 0 radical (unpaired) electrons. The normalized spacial score (nSPS) is 16.6. The van der Waals surface area contributed by atoms with Gasteiger partial charge in [-0.2, -0.15) is 0 Å². The average Bonchev–Trinajstić information content (AvgIpc) is 2.88. The number of hydrogen-bond donors (Lipinski definition) is 0. The van der Waals surface area contributed by atoms with Gasteiger partial charge in [0, 0.05) is 18.4 Å². The van der Waals surface area contributed by atoms with Crippen LogP contribution in [0.15, 0.2) is 48.7 Å². The van der Waals surface area contributed by atoms with E-state index < -0.39 is 0 Å². The molecule has 2 aromatic rings. The van der Waals surface area contributed by atoms with Gasteiger partial charge in [-0.05, 0) is 30.0 Å². The molecule has 0 N–H and O–H groups in total. The molecule has 0 amide bonds. The summed E-state index contributed by atoms with van der Waals surface area (Å²) in [6.07, 6.45) is 10.7. The maximum atomic E-state index is 2.42. The lowest BCUT2D eigenvalue weighted by Gasteiger charge is -2.22. The molecule has 0 saturated heterocycles. The van der Waals surface area contributed by atoms with E-state index >= 15 is 0 Å². The van der Waals surface area contributed by atoms with Crippen LogP contribution in [0, 0.1) is 5.92 Å². The first-order valence-electron chi connectivity index (χ1n) is 7.60. The van der Waals surface area contributed by atoms with Crippen molar-refractivity contribution >= 4 is 0 Å². The van der Waals surface area contributed by atoms with E-state index in [0.29, 0.717) is 0 Å². The molecule has 0 aliphatic heterocycles. The predicted octanol–water partition coefficient (Wildman–Crippen LogP) is 4.66. The second kappa shape index (κ2) is 6.10. The highest BCUT2D eigenvalue weighted by molar-refractivity contribution is 5.18. The van der Waals surface area contributed by atoms with E-state index in [4.69, 9.17) is 0 Å². The van der Waals surface area contributed by atoms with E-state index in [-0.39, 0.29) is 0 Å². The van der Waals surface area contributed by atoms with Crippen molar-refractivity contribution in [3.05, 3.63) is 59.9 Å². The molecule has 1 saturated carbocycles. The second-order valence-corrected chi connectivity index (χ2v) is 5.82. The summed E-state index contributed by atoms with van der Waals surface area (Å²) in [6, 6.07) is 15.3. The third-order valence-electron chi connectivity index (χ3n) is 4.34. The summed E-state index contributed by atoms with van der Waals surface area (Å²) in [5.41, 5.74) is 2.90. The molecule has 100 valence electrons. The Balaban J connectivity index is 1.68. The minimum Gasteiger partial charge on any atom is -0.347 e. The highest BCUT2D eigenvalue weighted by Gasteiger charge is 2.15. The van der Waals surface area contributed by atoms with Gasteiger partial charge in [-0.15, -0.1) is 0 Å². The molecular weight excluding hydrogens is 230 g/mol. The molecule has 1 heterocycles. The Morgan fingerprint density at radius 2 is 1.68 bits per heavy atom. The summed E-state index contributed by atoms with van der Waals surface area (Å²) in [5, 5.41) is 0. The van der Waals surface area contributed by atoms with Gasteiger partial charge in [0.1, 0.15) is 0 Å². The van der Waals surface area contributed by atoms with Gasteiger partial charge in [0.25, 0.3) is 0 Å². The first kappa shape index (κ1) is 12.5. The fourth-order valence-electron chi connectivity index (χ4n) is 3.26. The molecule has 1 heteroatoms. The van der Waals surface area contributed by atoms with Crippen molar-refractivity contribution in [3.8, 4) is 0 Å². The topological polar surface area (TPSA) is 4.93 Å². The van der Waals surface area contributed by atoms with Crippen molar-refractivity contribution in [2.45, 2.75) is 45.1 Å². The molecule has 0 bridgehead atoms. The van der Waals surface area contributed by atoms with Crippen molar-refractivity contribution in [1.29, 1.82) is 0 Å². The third-order valence-corrected chi connectivity index (χ3v) is 4.34. The van der Waals surface area contributed by atoms with Gasteiger partial charge in [-0.3, -0.25) is 0 Å². The van der Waals surface area contributed by atoms with Gasteiger partial charge in [0.05, 0.1) is 0 Å². The van der Waals surface area contributed by atoms with Crippen LogP contribution in [0.25, 0.3) is 0 Å². The maximum absolute atomic E-state index is 2.42. The quantitative estimate of drug-likeness (QED) is 0.747. The van der Waals surface area contributed by atoms with Gasteiger partial charge < -0.3 is 4.57 Å². The Morgan fingerprint density at radius 1 is 0.895 bits per heavy atom. The average molecular weight is 253 g/mol. The van der Waals surface area contributed by atoms with Gasteiger partial charge in [-0.25, -0.2) is 0 Å². The highest BCUT2D eigenvalue weighted by atomic mass is 15.0. The minimum absolute atomic E-state index is 0.915. The zero-order chi connectivity index (χ0) is 12.9. The molecular formula is C18H23N. The van der Waals surface area contributed by atoms with Crippen LogP contribution in [0.3, 0.4) is 0 Å². The molecule has 0 atom stereocenters. The Labute approximate surface area is 116 Å². The standard InChI is InChI=1S/C18H23N/c1-3-8-16(9-4-1)14-18-12-7-13-19(18)15-17-10-5-2-6-11-17/h2,5-7,10-13,16H,1,3-4,8-9,14-15H2. The summed E-state index contributed by atoms with van der Waals surface area (Å²) in [4.78, 5) is 0. The molecule has 1 aliphatic rings. The Hall–Kier alpha value is -1.50. The first-order chi connectivity index (χ1) is 9.42. The van der Waals surface area contributed by atoms with Crippen LogP contribution in [0.1, 0.15) is 43.4 Å². The predicted molar refractivity (Wildman–Crippen MR) is 80.3 cm³/mol. The summed E-state index contributed by atoms with van der Waals surface area (Å²) < 4.78 is 2.42. The van der Waals surface area contributed by atoms with E-state index in [9.17, 15) is 0 Å². The number of benzene rings is 1. The van der Waals surface area contributed by atoms with Crippen LogP contribution in [-0.2, 0) is 13.0 Å². The smallest absolute Gasteiger partial charge is 0.0472 e. The Morgan fingerprint density at radius 3 is 2.47 bits per heavy atom. The number of rotatable bonds is 4. The molecule has 1 fully saturated rings. The lowest BCUT2D eigenvalue weighted by Crippen LogP contribution is -2.12. The fourth-order valence-corrected chi connectivity index (χ4v) is 3.26. The molecule has 1 aromatic heterocycles. The molecule has 1 aliphatic carbocycles. The maximum Gasteiger partial charge on any atom is 0.0472 e. The lowest BCUT2D eigenvalue weighted by atomic mass is 9.86. The third kappa shape index (κ3) is 3.28. The number of aromatic nitrogens is 1. The minimum atomic E-state index is 0.915. The Kier molecular flexibility index (Phi) is 4.02. The molecule has 0 unspecified atom stereocenters. The van der Waals surface area contributed by atoms with Gasteiger partial charge in [0.2, 0.25) is 0 Å². The molecule has 1 aromatic carbocycles. The second-order valence-electron chi connectivity index (χ2n) is 5.82. The van der Waals surface area contributed by atoms with Crippen LogP contribution in [-0.4, -0.2) is 4.57 Å². The summed E-state index contributed by atoms with van der Waals surface area (Å²) in [7, 11) is 0. The van der Waals surface area contributed by atoms with Crippen LogP contribution in [0.2, 0.25) is 0 Å². The Bertz CT molecular complexity index is 491. The zero-order valence-corrected chi connectivity index (χ0v) is 11.6. The number of nitrogens with zero attached hydrogens (tertiary/aromatic N) is 1. The highest BCUT2D eigenvalue weighted by Crippen LogP contribution is 2.27. The van der Waals surface area contributed by atoms with Crippen LogP contribution < -0.4 is 0 Å². The van der Waals surface area contributed by atoms with E-state index in [1.165, 1.54) is 49.8 Å². The summed E-state index contributed by atoms with van der Waals surface area (Å²) in [5.74, 6) is 0.915. The molecule has 1 nitrogen and oxygen atoms in total. The van der Waals surface area contributed by atoms with Crippen LogP contribution >= 0.6 is 0 Å². The molecule has 3 rings (SSSR count). The van der Waals surface area contributed by atoms with Crippen molar-refractivity contribution in [1.82, 2.24) is 4.57 Å². The first-order valence-corrected chi connectivity index (χ1v) is 7.60. The summed E-state index contributed by atoms with van der Waals surface area (Å²) in [6.45, 7) is 1.01. The monoisotopic (exact) mass is 253 g/mol. The summed E-state index contributed by atoms with van der Waals surface area (Å²) >= 11 is 0. The van der Waals surface area contributed by atoms with Crippen LogP contribution in [0.4, 0.5) is 0 Å². The SMILES string of the molecule is c1ccc(Cn2cccc2CC2CCCCC2)cc1. The van der Waals surface area contributed by atoms with Crippen molar-refractivity contribution in [2.24, 2.45) is 5.92 Å². The largest absolute Gasteiger partial charge is 0.347 e. The van der Waals surface area contributed by atoms with Crippen molar-refractivity contribution < 1.29 is 0 Å². The van der Waals surface area contributed by atoms with E-state index in [0.717, 1.165) is 12.5 Å². The van der Waals surface area contributed by atoms with Gasteiger partial charge in [0.15, 0.2) is 0 Å². The lowest BCUT2D eigenvalue weighted by molar-refractivity contribution is 0.351. The van der Waals surface area contributed by atoms with Crippen molar-refractivity contribution in [2.75, 3.05) is 0 Å². The number of hydrogen-bond acceptors (Lipinski definition) is 0.